The standard InChI is InChI=1S/C21H19N5O2/c1-2-13-4-3-5-16(10-13)26(21(23)27)15-8-6-14(7-9-15)20-19-17(22)11-24-12-18(19)28-25-20/h3-12H,2,22H2,1H3,(H2,23,27). The summed E-state index contributed by atoms with van der Waals surface area (Å²) in [6, 6.07) is 14.5. The molecule has 4 rings (SSSR count). The number of anilines is 3. The van der Waals surface area contributed by atoms with Gasteiger partial charge in [0.2, 0.25) is 0 Å². The zero-order valence-corrected chi connectivity index (χ0v) is 15.3. The zero-order chi connectivity index (χ0) is 19.7. The van der Waals surface area contributed by atoms with Gasteiger partial charge in [-0.05, 0) is 36.2 Å². The predicted octanol–water partition coefficient (Wildman–Crippen LogP) is 4.25. The molecular weight excluding hydrogens is 354 g/mol. The van der Waals surface area contributed by atoms with E-state index in [9.17, 15) is 4.79 Å². The van der Waals surface area contributed by atoms with Crippen LogP contribution in [0.5, 0.6) is 0 Å². The van der Waals surface area contributed by atoms with E-state index in [1.54, 1.807) is 12.4 Å². The van der Waals surface area contributed by atoms with Crippen molar-refractivity contribution in [2.45, 2.75) is 13.3 Å². The van der Waals surface area contributed by atoms with Gasteiger partial charge in [0.15, 0.2) is 5.58 Å². The Kier molecular flexibility index (Phi) is 4.41. The molecule has 0 aliphatic carbocycles. The predicted molar refractivity (Wildman–Crippen MR) is 109 cm³/mol. The number of primary amides is 1. The van der Waals surface area contributed by atoms with Crippen LogP contribution in [0.25, 0.3) is 22.2 Å². The number of fused-ring (bicyclic) bond motifs is 1. The molecule has 0 aliphatic rings. The fourth-order valence-electron chi connectivity index (χ4n) is 3.20. The second-order valence-corrected chi connectivity index (χ2v) is 6.38. The molecule has 0 radical (unpaired) electrons. The summed E-state index contributed by atoms with van der Waals surface area (Å²) in [6.07, 6.45) is 4.01. The van der Waals surface area contributed by atoms with Crippen LogP contribution in [-0.2, 0) is 6.42 Å². The maximum Gasteiger partial charge on any atom is 0.323 e. The van der Waals surface area contributed by atoms with E-state index < -0.39 is 6.03 Å². The fraction of sp³-hybridized carbons (Fsp3) is 0.0952. The van der Waals surface area contributed by atoms with Gasteiger partial charge in [0, 0.05) is 5.56 Å². The molecule has 28 heavy (non-hydrogen) atoms. The first kappa shape index (κ1) is 17.5. The lowest BCUT2D eigenvalue weighted by Gasteiger charge is -2.21. The molecule has 0 bridgehead atoms. The minimum Gasteiger partial charge on any atom is -0.397 e. The number of nitrogens with two attached hydrogens (primary N) is 2. The summed E-state index contributed by atoms with van der Waals surface area (Å²) in [7, 11) is 0. The molecule has 4 N–H and O–H groups in total. The molecule has 0 aliphatic heterocycles. The van der Waals surface area contributed by atoms with Gasteiger partial charge in [0.25, 0.3) is 0 Å². The Morgan fingerprint density at radius 2 is 1.89 bits per heavy atom. The van der Waals surface area contributed by atoms with Crippen LogP contribution in [0.3, 0.4) is 0 Å². The molecule has 4 aromatic rings. The van der Waals surface area contributed by atoms with E-state index in [-0.39, 0.29) is 0 Å². The van der Waals surface area contributed by atoms with Crippen molar-refractivity contribution in [3.8, 4) is 11.3 Å². The van der Waals surface area contributed by atoms with Crippen molar-refractivity contribution in [1.82, 2.24) is 10.1 Å². The molecule has 0 unspecified atom stereocenters. The number of carbonyl (C=O) groups is 1. The van der Waals surface area contributed by atoms with Crippen LogP contribution < -0.4 is 16.4 Å². The second-order valence-electron chi connectivity index (χ2n) is 6.38. The minimum absolute atomic E-state index is 0.493. The maximum absolute atomic E-state index is 12.1. The first-order chi connectivity index (χ1) is 13.6. The topological polar surface area (TPSA) is 111 Å². The van der Waals surface area contributed by atoms with Crippen molar-refractivity contribution in [2.24, 2.45) is 5.73 Å². The van der Waals surface area contributed by atoms with E-state index in [4.69, 9.17) is 16.0 Å². The van der Waals surface area contributed by atoms with Crippen molar-refractivity contribution in [3.63, 3.8) is 0 Å². The number of pyridine rings is 1. The lowest BCUT2D eigenvalue weighted by Crippen LogP contribution is -2.31. The van der Waals surface area contributed by atoms with E-state index in [0.717, 1.165) is 23.2 Å². The fourth-order valence-corrected chi connectivity index (χ4v) is 3.20. The van der Waals surface area contributed by atoms with Crippen molar-refractivity contribution in [2.75, 3.05) is 10.6 Å². The van der Waals surface area contributed by atoms with Gasteiger partial charge in [-0.2, -0.15) is 0 Å². The summed E-state index contributed by atoms with van der Waals surface area (Å²) in [5.41, 5.74) is 16.6. The van der Waals surface area contributed by atoms with Crippen LogP contribution in [0.1, 0.15) is 12.5 Å². The third kappa shape index (κ3) is 3.03. The molecule has 2 aromatic carbocycles. The molecular formula is C21H19N5O2. The highest BCUT2D eigenvalue weighted by molar-refractivity contribution is 6.01. The third-order valence-electron chi connectivity index (χ3n) is 4.61. The number of hydrogen-bond acceptors (Lipinski definition) is 5. The van der Waals surface area contributed by atoms with Crippen molar-refractivity contribution in [3.05, 3.63) is 66.5 Å². The molecule has 0 saturated carbocycles. The number of carbonyl (C=O) groups excluding carboxylic acids is 1. The number of aromatic nitrogens is 2. The average Bonchev–Trinajstić information content (AvgIpc) is 3.14. The zero-order valence-electron chi connectivity index (χ0n) is 15.3. The summed E-state index contributed by atoms with van der Waals surface area (Å²) < 4.78 is 5.32. The van der Waals surface area contributed by atoms with E-state index in [0.29, 0.717) is 28.0 Å². The number of hydrogen-bond donors (Lipinski definition) is 2. The number of aryl methyl sites for hydroxylation is 1. The van der Waals surface area contributed by atoms with Gasteiger partial charge in [0.1, 0.15) is 5.69 Å². The molecule has 2 heterocycles. The number of nitrogens with zero attached hydrogens (tertiary/aromatic N) is 3. The van der Waals surface area contributed by atoms with Crippen molar-refractivity contribution in [1.29, 1.82) is 0 Å². The number of urea groups is 1. The van der Waals surface area contributed by atoms with Gasteiger partial charge in [-0.3, -0.25) is 9.88 Å². The van der Waals surface area contributed by atoms with Crippen molar-refractivity contribution >= 4 is 34.1 Å². The van der Waals surface area contributed by atoms with Crippen molar-refractivity contribution < 1.29 is 9.32 Å². The van der Waals surface area contributed by atoms with Gasteiger partial charge in [-0.25, -0.2) is 4.79 Å². The Morgan fingerprint density at radius 1 is 1.11 bits per heavy atom. The Hall–Kier alpha value is -3.87. The highest BCUT2D eigenvalue weighted by Gasteiger charge is 2.17. The van der Waals surface area contributed by atoms with Gasteiger partial charge >= 0.3 is 6.03 Å². The Bertz CT molecular complexity index is 1150. The molecule has 0 atom stereocenters. The molecule has 2 amide bonds. The quantitative estimate of drug-likeness (QED) is 0.555. The second kappa shape index (κ2) is 7.03. The summed E-state index contributed by atoms with van der Waals surface area (Å²) in [6.45, 7) is 2.06. The molecule has 7 heteroatoms. The summed E-state index contributed by atoms with van der Waals surface area (Å²) in [5.74, 6) is 0. The number of benzene rings is 2. The molecule has 2 aromatic heterocycles. The highest BCUT2D eigenvalue weighted by Crippen LogP contribution is 2.33. The molecule has 7 nitrogen and oxygen atoms in total. The average molecular weight is 373 g/mol. The van der Waals surface area contributed by atoms with Crippen LogP contribution in [-0.4, -0.2) is 16.2 Å². The van der Waals surface area contributed by atoms with E-state index in [1.807, 2.05) is 48.5 Å². The number of rotatable bonds is 4. The first-order valence-electron chi connectivity index (χ1n) is 8.86. The lowest BCUT2D eigenvalue weighted by molar-refractivity contribution is 0.256. The Labute approximate surface area is 161 Å². The summed E-state index contributed by atoms with van der Waals surface area (Å²) in [5, 5.41) is 4.83. The van der Waals surface area contributed by atoms with Crippen LogP contribution >= 0.6 is 0 Å². The molecule has 140 valence electrons. The van der Waals surface area contributed by atoms with E-state index in [1.165, 1.54) is 4.90 Å². The Morgan fingerprint density at radius 3 is 2.61 bits per heavy atom. The van der Waals surface area contributed by atoms with Gasteiger partial charge in [0.05, 0.1) is 34.8 Å². The third-order valence-corrected chi connectivity index (χ3v) is 4.61. The molecule has 0 spiro atoms. The SMILES string of the molecule is CCc1cccc(N(C(N)=O)c2ccc(-c3noc4cncc(N)c34)cc2)c1. The number of amides is 2. The summed E-state index contributed by atoms with van der Waals surface area (Å²) >= 11 is 0. The van der Waals surface area contributed by atoms with Gasteiger partial charge in [-0.1, -0.05) is 36.3 Å². The van der Waals surface area contributed by atoms with Gasteiger partial charge < -0.3 is 16.0 Å². The van der Waals surface area contributed by atoms with Crippen LogP contribution in [0.15, 0.2) is 65.4 Å². The molecule has 0 saturated heterocycles. The normalized spacial score (nSPS) is 10.9. The smallest absolute Gasteiger partial charge is 0.323 e. The van der Waals surface area contributed by atoms with E-state index in [2.05, 4.69) is 17.1 Å². The van der Waals surface area contributed by atoms with E-state index >= 15 is 0 Å². The first-order valence-corrected chi connectivity index (χ1v) is 8.86. The minimum atomic E-state index is -0.553. The lowest BCUT2D eigenvalue weighted by atomic mass is 10.1. The summed E-state index contributed by atoms with van der Waals surface area (Å²) in [4.78, 5) is 17.6. The largest absolute Gasteiger partial charge is 0.397 e. The number of nitrogen functional groups attached to an aromatic ring is 1. The molecule has 0 fully saturated rings. The Balaban J connectivity index is 1.74. The van der Waals surface area contributed by atoms with Crippen LogP contribution in [0.4, 0.5) is 21.9 Å². The van der Waals surface area contributed by atoms with Gasteiger partial charge in [-0.15, -0.1) is 0 Å². The van der Waals surface area contributed by atoms with Crippen LogP contribution in [0, 0.1) is 0 Å². The highest BCUT2D eigenvalue weighted by atomic mass is 16.5. The van der Waals surface area contributed by atoms with Crippen LogP contribution in [0.2, 0.25) is 0 Å². The maximum atomic E-state index is 12.1. The monoisotopic (exact) mass is 373 g/mol.